The number of para-hydroxylation sites is 1. The lowest BCUT2D eigenvalue weighted by molar-refractivity contribution is 0.252. The third kappa shape index (κ3) is 3.08. The summed E-state index contributed by atoms with van der Waals surface area (Å²) in [6.45, 7) is 4.92. The van der Waals surface area contributed by atoms with Gasteiger partial charge in [0.25, 0.3) is 10.0 Å². The van der Waals surface area contributed by atoms with E-state index in [1.807, 2.05) is 0 Å². The average molecular weight is 360 g/mol. The van der Waals surface area contributed by atoms with Crippen molar-refractivity contribution >= 4 is 32.9 Å². The van der Waals surface area contributed by atoms with Gasteiger partial charge in [0.1, 0.15) is 11.6 Å². The first-order valence-electron chi connectivity index (χ1n) is 7.32. The van der Waals surface area contributed by atoms with Gasteiger partial charge < -0.3 is 0 Å². The first-order valence-corrected chi connectivity index (χ1v) is 8.86. The highest BCUT2D eigenvalue weighted by atomic mass is 32.2. The molecule has 0 saturated heterocycles. The van der Waals surface area contributed by atoms with Crippen molar-refractivity contribution in [1.29, 1.82) is 0 Å². The molecule has 0 fully saturated rings. The molecule has 0 aliphatic rings. The highest BCUT2D eigenvalue weighted by molar-refractivity contribution is 7.89. The van der Waals surface area contributed by atoms with Gasteiger partial charge in [-0.3, -0.25) is 9.88 Å². The van der Waals surface area contributed by atoms with Crippen LogP contribution in [0.2, 0.25) is 0 Å². The van der Waals surface area contributed by atoms with E-state index in [-0.39, 0.29) is 11.0 Å². The smallest absolute Gasteiger partial charge is 0.275 e. The Morgan fingerprint density at radius 3 is 2.28 bits per heavy atom. The van der Waals surface area contributed by atoms with Crippen LogP contribution >= 0.6 is 0 Å². The zero-order valence-electron chi connectivity index (χ0n) is 13.8. The monoisotopic (exact) mass is 360 g/mol. The van der Waals surface area contributed by atoms with Gasteiger partial charge in [-0.25, -0.2) is 23.3 Å². The van der Waals surface area contributed by atoms with Gasteiger partial charge >= 0.3 is 6.03 Å². The molecule has 2 heterocycles. The molecule has 25 heavy (non-hydrogen) atoms. The molecule has 2 aromatic heterocycles. The van der Waals surface area contributed by atoms with E-state index in [9.17, 15) is 13.2 Å². The zero-order chi connectivity index (χ0) is 18.4. The second kappa shape index (κ2) is 5.90. The van der Waals surface area contributed by atoms with Crippen LogP contribution in [0.3, 0.4) is 0 Å². The number of benzene rings is 1. The second-order valence-corrected chi connectivity index (χ2v) is 6.99. The number of nitrogens with two attached hydrogens (primary N) is 1. The number of nitrogens with one attached hydrogen (secondary N) is 1. The van der Waals surface area contributed by atoms with E-state index in [2.05, 4.69) is 20.3 Å². The average Bonchev–Trinajstić information content (AvgIpc) is 2.80. The van der Waals surface area contributed by atoms with Crippen molar-refractivity contribution in [2.45, 2.75) is 25.8 Å². The molecule has 3 N–H and O–H groups in total. The van der Waals surface area contributed by atoms with Crippen LogP contribution in [0.1, 0.15) is 17.2 Å². The van der Waals surface area contributed by atoms with Crippen molar-refractivity contribution in [2.75, 3.05) is 5.32 Å². The Kier molecular flexibility index (Phi) is 4.01. The fraction of sp³-hybridized carbons (Fsp3) is 0.200. The predicted molar refractivity (Wildman–Crippen MR) is 91.8 cm³/mol. The predicted octanol–water partition coefficient (Wildman–Crippen LogP) is 1.48. The number of hydrogen-bond acceptors (Lipinski definition) is 6. The van der Waals surface area contributed by atoms with Gasteiger partial charge in [0.2, 0.25) is 5.95 Å². The molecule has 0 bridgehead atoms. The Morgan fingerprint density at radius 2 is 1.68 bits per heavy atom. The SMILES string of the molecule is Cc1nc(C)nc(NC(=O)n2c(S(N)(=O)=O)c(C)c3ccccc32)n1. The molecule has 0 aliphatic carbocycles. The van der Waals surface area contributed by atoms with Gasteiger partial charge in [-0.15, -0.1) is 0 Å². The van der Waals surface area contributed by atoms with E-state index in [1.165, 1.54) is 0 Å². The van der Waals surface area contributed by atoms with Crippen molar-refractivity contribution in [3.05, 3.63) is 41.5 Å². The Bertz CT molecular complexity index is 1080. The standard InChI is InChI=1S/C15H16N6O3S/c1-8-11-6-4-5-7-12(11)21(13(8)25(16,23)24)15(22)20-14-18-9(2)17-10(3)19-14/h4-7H,1-3H3,(H2,16,23,24)(H,17,18,19,20,22). The van der Waals surface area contributed by atoms with E-state index in [0.717, 1.165) is 4.57 Å². The summed E-state index contributed by atoms with van der Waals surface area (Å²) in [7, 11) is -4.13. The first-order chi connectivity index (χ1) is 11.7. The van der Waals surface area contributed by atoms with Crippen LogP contribution in [-0.4, -0.2) is 34.0 Å². The van der Waals surface area contributed by atoms with Crippen molar-refractivity contribution in [3.63, 3.8) is 0 Å². The number of hydrogen-bond donors (Lipinski definition) is 2. The maximum atomic E-state index is 12.8. The van der Waals surface area contributed by atoms with Crippen LogP contribution in [0.15, 0.2) is 29.3 Å². The molecule has 9 nitrogen and oxygen atoms in total. The summed E-state index contributed by atoms with van der Waals surface area (Å²) >= 11 is 0. The third-order valence-electron chi connectivity index (χ3n) is 3.62. The normalized spacial score (nSPS) is 11.7. The number of carbonyl (C=O) groups excluding carboxylic acids is 1. The number of rotatable bonds is 2. The number of aromatic nitrogens is 4. The second-order valence-electron chi connectivity index (χ2n) is 5.51. The molecule has 0 saturated carbocycles. The highest BCUT2D eigenvalue weighted by Crippen LogP contribution is 2.28. The van der Waals surface area contributed by atoms with Gasteiger partial charge in [-0.2, -0.15) is 9.97 Å². The summed E-state index contributed by atoms with van der Waals surface area (Å²) in [4.78, 5) is 24.9. The van der Waals surface area contributed by atoms with E-state index >= 15 is 0 Å². The van der Waals surface area contributed by atoms with Crippen LogP contribution in [0.4, 0.5) is 10.7 Å². The summed E-state index contributed by atoms with van der Waals surface area (Å²) < 4.78 is 25.1. The van der Waals surface area contributed by atoms with Gasteiger partial charge in [0.05, 0.1) is 5.52 Å². The van der Waals surface area contributed by atoms with Crippen LogP contribution < -0.4 is 10.5 Å². The lowest BCUT2D eigenvalue weighted by atomic mass is 10.2. The fourth-order valence-electron chi connectivity index (χ4n) is 2.74. The number of amides is 1. The maximum absolute atomic E-state index is 12.8. The quantitative estimate of drug-likeness (QED) is 0.711. The third-order valence-corrected chi connectivity index (χ3v) is 4.65. The summed E-state index contributed by atoms with van der Waals surface area (Å²) in [5.41, 5.74) is 0.820. The van der Waals surface area contributed by atoms with E-state index in [0.29, 0.717) is 28.1 Å². The van der Waals surface area contributed by atoms with E-state index in [1.54, 1.807) is 45.0 Å². The number of anilines is 1. The van der Waals surface area contributed by atoms with Crippen molar-refractivity contribution in [3.8, 4) is 0 Å². The molecule has 0 aliphatic heterocycles. The number of carbonyl (C=O) groups is 1. The lowest BCUT2D eigenvalue weighted by Crippen LogP contribution is -2.27. The molecule has 3 rings (SSSR count). The molecular formula is C15H16N6O3S. The van der Waals surface area contributed by atoms with Gasteiger partial charge in [0.15, 0.2) is 5.03 Å². The van der Waals surface area contributed by atoms with Gasteiger partial charge in [-0.05, 0) is 32.4 Å². The Balaban J connectivity index is 2.19. The highest BCUT2D eigenvalue weighted by Gasteiger charge is 2.26. The Hall–Kier alpha value is -2.85. The summed E-state index contributed by atoms with van der Waals surface area (Å²) in [6.07, 6.45) is 0. The molecule has 130 valence electrons. The molecule has 0 spiro atoms. The molecular weight excluding hydrogens is 344 g/mol. The molecule has 0 atom stereocenters. The number of fused-ring (bicyclic) bond motifs is 1. The zero-order valence-corrected chi connectivity index (χ0v) is 14.6. The molecule has 0 unspecified atom stereocenters. The Labute approximate surface area is 144 Å². The van der Waals surface area contributed by atoms with E-state index in [4.69, 9.17) is 5.14 Å². The van der Waals surface area contributed by atoms with Crippen molar-refractivity contribution in [1.82, 2.24) is 19.5 Å². The minimum atomic E-state index is -4.13. The minimum Gasteiger partial charge on any atom is -0.275 e. The molecule has 1 aromatic carbocycles. The minimum absolute atomic E-state index is 0.0332. The van der Waals surface area contributed by atoms with Gasteiger partial charge in [-0.1, -0.05) is 18.2 Å². The fourth-order valence-corrected chi connectivity index (χ4v) is 3.72. The number of nitrogens with zero attached hydrogens (tertiary/aromatic N) is 4. The number of primary sulfonamides is 1. The van der Waals surface area contributed by atoms with Gasteiger partial charge in [0, 0.05) is 5.39 Å². The largest absolute Gasteiger partial charge is 0.333 e. The molecule has 10 heteroatoms. The molecule has 0 radical (unpaired) electrons. The van der Waals surface area contributed by atoms with Crippen LogP contribution in [-0.2, 0) is 10.0 Å². The van der Waals surface area contributed by atoms with Crippen LogP contribution in [0.5, 0.6) is 0 Å². The topological polar surface area (TPSA) is 133 Å². The summed E-state index contributed by atoms with van der Waals surface area (Å²) in [6, 6.07) is 6.10. The number of sulfonamides is 1. The Morgan fingerprint density at radius 1 is 1.08 bits per heavy atom. The van der Waals surface area contributed by atoms with Crippen LogP contribution in [0, 0.1) is 20.8 Å². The van der Waals surface area contributed by atoms with Crippen LogP contribution in [0.25, 0.3) is 10.9 Å². The number of aryl methyl sites for hydroxylation is 3. The molecule has 3 aromatic rings. The maximum Gasteiger partial charge on any atom is 0.333 e. The summed E-state index contributed by atoms with van der Waals surface area (Å²) in [5, 5.41) is 8.18. The van der Waals surface area contributed by atoms with Crippen molar-refractivity contribution < 1.29 is 13.2 Å². The van der Waals surface area contributed by atoms with Crippen molar-refractivity contribution in [2.24, 2.45) is 5.14 Å². The molecule has 1 amide bonds. The van der Waals surface area contributed by atoms with E-state index < -0.39 is 16.1 Å². The summed E-state index contributed by atoms with van der Waals surface area (Å²) in [5.74, 6) is 0.900. The first kappa shape index (κ1) is 17.0. The lowest BCUT2D eigenvalue weighted by Gasteiger charge is -2.10.